The molecule has 0 spiro atoms. The molecule has 0 radical (unpaired) electrons. The van der Waals surface area contributed by atoms with Crippen LogP contribution in [-0.4, -0.2) is 47.6 Å². The van der Waals surface area contributed by atoms with Crippen molar-refractivity contribution >= 4 is 17.5 Å². The van der Waals surface area contributed by atoms with Crippen LogP contribution in [0.5, 0.6) is 0 Å². The number of hydrogen-bond acceptors (Lipinski definition) is 5. The number of likely N-dealkylation sites (N-methyl/N-ethyl adjacent to an activating group) is 1. The van der Waals surface area contributed by atoms with E-state index in [2.05, 4.69) is 64.3 Å². The van der Waals surface area contributed by atoms with E-state index < -0.39 is 0 Å². The molecule has 0 amide bonds. The highest BCUT2D eigenvalue weighted by Gasteiger charge is 2.17. The molecule has 128 valence electrons. The maximum atomic E-state index is 4.73. The number of piperazine rings is 1. The predicted molar refractivity (Wildman–Crippen MR) is 100 cm³/mol. The quantitative estimate of drug-likeness (QED) is 0.914. The molecule has 1 saturated heterocycles. The summed E-state index contributed by atoms with van der Waals surface area (Å²) in [5, 5.41) is 3.34. The zero-order chi connectivity index (χ0) is 16.9. The lowest BCUT2D eigenvalue weighted by Crippen LogP contribution is -2.46. The second kappa shape index (κ2) is 7.62. The molecule has 1 N–H and O–H groups in total. The van der Waals surface area contributed by atoms with Crippen LogP contribution in [0.2, 0.25) is 0 Å². The topological polar surface area (TPSA) is 44.3 Å². The second-order valence-electron chi connectivity index (χ2n) is 6.29. The Morgan fingerprint density at radius 3 is 2.33 bits per heavy atom. The van der Waals surface area contributed by atoms with Crippen LogP contribution >= 0.6 is 0 Å². The third kappa shape index (κ3) is 4.03. The van der Waals surface area contributed by atoms with Crippen LogP contribution in [0.1, 0.15) is 25.1 Å². The van der Waals surface area contributed by atoms with Gasteiger partial charge in [0.2, 0.25) is 5.95 Å². The molecule has 0 unspecified atom stereocenters. The summed E-state index contributed by atoms with van der Waals surface area (Å²) in [7, 11) is 0. The number of anilines is 3. The molecule has 24 heavy (non-hydrogen) atoms. The van der Waals surface area contributed by atoms with Crippen molar-refractivity contribution in [1.29, 1.82) is 0 Å². The highest BCUT2D eigenvalue weighted by molar-refractivity contribution is 5.56. The third-order valence-electron chi connectivity index (χ3n) is 4.60. The van der Waals surface area contributed by atoms with Gasteiger partial charge in [0, 0.05) is 43.6 Å². The van der Waals surface area contributed by atoms with Gasteiger partial charge >= 0.3 is 0 Å². The van der Waals surface area contributed by atoms with Crippen molar-refractivity contribution in [3.05, 3.63) is 41.6 Å². The molecule has 1 aromatic heterocycles. The van der Waals surface area contributed by atoms with E-state index >= 15 is 0 Å². The zero-order valence-electron chi connectivity index (χ0n) is 14.9. The van der Waals surface area contributed by atoms with Crippen LogP contribution in [0.25, 0.3) is 0 Å². The van der Waals surface area contributed by atoms with Crippen molar-refractivity contribution < 1.29 is 0 Å². The van der Waals surface area contributed by atoms with Gasteiger partial charge in [0.1, 0.15) is 5.82 Å². The summed E-state index contributed by atoms with van der Waals surface area (Å²) in [6.07, 6.45) is 1.05. The minimum atomic E-state index is 0.673. The summed E-state index contributed by atoms with van der Waals surface area (Å²) in [4.78, 5) is 14.1. The number of nitrogens with zero attached hydrogens (tertiary/aromatic N) is 4. The lowest BCUT2D eigenvalue weighted by atomic mass is 10.1. The van der Waals surface area contributed by atoms with Gasteiger partial charge in [-0.3, -0.25) is 0 Å². The van der Waals surface area contributed by atoms with Gasteiger partial charge in [-0.05, 0) is 37.6 Å². The molecule has 5 nitrogen and oxygen atoms in total. The van der Waals surface area contributed by atoms with Crippen molar-refractivity contribution in [2.45, 2.75) is 27.2 Å². The van der Waals surface area contributed by atoms with E-state index in [1.807, 2.05) is 6.92 Å². The molecule has 1 fully saturated rings. The Balaban J connectivity index is 1.73. The Hall–Kier alpha value is -2.14. The minimum Gasteiger partial charge on any atom is -0.354 e. The number of hydrogen-bond donors (Lipinski definition) is 1. The van der Waals surface area contributed by atoms with E-state index in [1.165, 1.54) is 5.56 Å². The van der Waals surface area contributed by atoms with Gasteiger partial charge in [-0.1, -0.05) is 26.0 Å². The Bertz CT molecular complexity index is 660. The first kappa shape index (κ1) is 16.7. The van der Waals surface area contributed by atoms with Crippen molar-refractivity contribution in [1.82, 2.24) is 14.9 Å². The minimum absolute atomic E-state index is 0.673. The molecule has 0 bridgehead atoms. The van der Waals surface area contributed by atoms with Crippen molar-refractivity contribution in [3.8, 4) is 0 Å². The molecule has 3 rings (SSSR count). The van der Waals surface area contributed by atoms with E-state index in [0.717, 1.165) is 56.3 Å². The van der Waals surface area contributed by atoms with Gasteiger partial charge in [-0.15, -0.1) is 0 Å². The highest BCUT2D eigenvalue weighted by atomic mass is 15.3. The zero-order valence-corrected chi connectivity index (χ0v) is 14.9. The van der Waals surface area contributed by atoms with Crippen molar-refractivity contribution in [2.75, 3.05) is 42.9 Å². The van der Waals surface area contributed by atoms with Crippen LogP contribution in [0.4, 0.5) is 17.5 Å². The number of benzene rings is 1. The predicted octanol–water partition coefficient (Wildman–Crippen LogP) is 3.23. The van der Waals surface area contributed by atoms with Crippen LogP contribution in [-0.2, 0) is 6.42 Å². The van der Waals surface area contributed by atoms with Crippen LogP contribution in [0.15, 0.2) is 30.3 Å². The molecular weight excluding hydrogens is 298 g/mol. The molecule has 0 saturated carbocycles. The molecule has 2 heterocycles. The summed E-state index contributed by atoms with van der Waals surface area (Å²) < 4.78 is 0. The Morgan fingerprint density at radius 1 is 1.00 bits per heavy atom. The summed E-state index contributed by atoms with van der Waals surface area (Å²) in [5.74, 6) is 1.69. The smallest absolute Gasteiger partial charge is 0.229 e. The van der Waals surface area contributed by atoms with Gasteiger partial charge in [-0.25, -0.2) is 4.98 Å². The average Bonchev–Trinajstić information content (AvgIpc) is 2.62. The highest BCUT2D eigenvalue weighted by Crippen LogP contribution is 2.20. The third-order valence-corrected chi connectivity index (χ3v) is 4.60. The number of nitrogens with one attached hydrogen (secondary N) is 1. The Kier molecular flexibility index (Phi) is 5.30. The molecule has 5 heteroatoms. The second-order valence-corrected chi connectivity index (χ2v) is 6.29. The van der Waals surface area contributed by atoms with Crippen molar-refractivity contribution in [3.63, 3.8) is 0 Å². The molecule has 1 aliphatic heterocycles. The fourth-order valence-electron chi connectivity index (χ4n) is 3.02. The van der Waals surface area contributed by atoms with Gasteiger partial charge in [0.15, 0.2) is 0 Å². The fraction of sp³-hybridized carbons (Fsp3) is 0.474. The summed E-state index contributed by atoms with van der Waals surface area (Å²) >= 11 is 0. The maximum absolute atomic E-state index is 4.73. The molecular formula is C19H27N5. The summed E-state index contributed by atoms with van der Waals surface area (Å²) in [5.41, 5.74) is 3.35. The number of rotatable bonds is 5. The first-order valence-electron chi connectivity index (χ1n) is 8.87. The Labute approximate surface area is 144 Å². The van der Waals surface area contributed by atoms with Gasteiger partial charge in [-0.2, -0.15) is 4.98 Å². The van der Waals surface area contributed by atoms with E-state index in [9.17, 15) is 0 Å². The van der Waals surface area contributed by atoms with Gasteiger partial charge in [0.25, 0.3) is 0 Å². The van der Waals surface area contributed by atoms with Crippen LogP contribution < -0.4 is 10.2 Å². The first-order chi connectivity index (χ1) is 11.7. The normalized spacial score (nSPS) is 15.5. The standard InChI is InChI=1S/C19H27N5/c1-4-16-6-8-17(9-7-16)21-19-20-15(3)14-18(22-19)24-12-10-23(5-2)11-13-24/h6-9,14H,4-5,10-13H2,1-3H3,(H,20,21,22). The lowest BCUT2D eigenvalue weighted by Gasteiger charge is -2.34. The SMILES string of the molecule is CCc1ccc(Nc2nc(C)cc(N3CCN(CC)CC3)n2)cc1. The van der Waals surface area contributed by atoms with Crippen molar-refractivity contribution in [2.24, 2.45) is 0 Å². The molecule has 0 aliphatic carbocycles. The van der Waals surface area contributed by atoms with E-state index in [0.29, 0.717) is 5.95 Å². The van der Waals surface area contributed by atoms with E-state index in [4.69, 9.17) is 4.98 Å². The fourth-order valence-corrected chi connectivity index (χ4v) is 3.02. The number of aromatic nitrogens is 2. The number of aryl methyl sites for hydroxylation is 2. The molecule has 1 aliphatic rings. The largest absolute Gasteiger partial charge is 0.354 e. The average molecular weight is 325 g/mol. The van der Waals surface area contributed by atoms with Gasteiger partial charge in [0.05, 0.1) is 0 Å². The van der Waals surface area contributed by atoms with E-state index in [-0.39, 0.29) is 0 Å². The summed E-state index contributed by atoms with van der Waals surface area (Å²) in [6, 6.07) is 10.5. The van der Waals surface area contributed by atoms with Crippen LogP contribution in [0.3, 0.4) is 0 Å². The van der Waals surface area contributed by atoms with Crippen LogP contribution in [0, 0.1) is 6.92 Å². The molecule has 1 aromatic carbocycles. The summed E-state index contributed by atoms with van der Waals surface area (Å²) in [6.45, 7) is 11.8. The Morgan fingerprint density at radius 2 is 1.71 bits per heavy atom. The van der Waals surface area contributed by atoms with E-state index in [1.54, 1.807) is 0 Å². The maximum Gasteiger partial charge on any atom is 0.229 e. The monoisotopic (exact) mass is 325 g/mol. The first-order valence-corrected chi connectivity index (χ1v) is 8.87. The molecule has 2 aromatic rings. The lowest BCUT2D eigenvalue weighted by molar-refractivity contribution is 0.270. The van der Waals surface area contributed by atoms with Gasteiger partial charge < -0.3 is 15.1 Å². The molecule has 0 atom stereocenters.